The van der Waals surface area contributed by atoms with E-state index in [9.17, 15) is 14.7 Å². The first-order chi connectivity index (χ1) is 11.9. The normalized spacial score (nSPS) is 20.2. The van der Waals surface area contributed by atoms with Crippen LogP contribution in [-0.2, 0) is 16.1 Å². The molecule has 0 saturated carbocycles. The van der Waals surface area contributed by atoms with Gasteiger partial charge in [0.2, 0.25) is 5.91 Å². The summed E-state index contributed by atoms with van der Waals surface area (Å²) in [4.78, 5) is 24.1. The summed E-state index contributed by atoms with van der Waals surface area (Å²) in [5.41, 5.74) is 3.03. The molecule has 0 heterocycles. The van der Waals surface area contributed by atoms with Crippen molar-refractivity contribution in [3.05, 3.63) is 34.9 Å². The number of carboxylic acid groups (broad SMARTS) is 1. The minimum atomic E-state index is -0.918. The van der Waals surface area contributed by atoms with Gasteiger partial charge in [0.1, 0.15) is 0 Å². The molecule has 1 aromatic rings. The first-order valence-corrected chi connectivity index (χ1v) is 8.24. The van der Waals surface area contributed by atoms with E-state index in [1.807, 2.05) is 19.9 Å². The second-order valence-electron chi connectivity index (χ2n) is 6.43. The third kappa shape index (κ3) is 4.32. The molecule has 0 radical (unpaired) electrons. The number of rotatable bonds is 6. The van der Waals surface area contributed by atoms with Crippen LogP contribution >= 0.6 is 0 Å². The Morgan fingerprint density at radius 1 is 1.08 bits per heavy atom. The van der Waals surface area contributed by atoms with Gasteiger partial charge in [-0.15, -0.1) is 0 Å². The average molecular weight is 347 g/mol. The molecule has 1 aliphatic carbocycles. The molecule has 1 aromatic carbocycles. The van der Waals surface area contributed by atoms with Crippen LogP contribution in [0.1, 0.15) is 32.3 Å². The number of hydrogen-bond donors (Lipinski definition) is 2. The van der Waals surface area contributed by atoms with Crippen molar-refractivity contribution >= 4 is 11.9 Å². The number of amides is 1. The van der Waals surface area contributed by atoms with E-state index in [2.05, 4.69) is 5.32 Å². The van der Waals surface area contributed by atoms with Crippen molar-refractivity contribution in [3.63, 3.8) is 0 Å². The second-order valence-corrected chi connectivity index (χ2v) is 6.43. The van der Waals surface area contributed by atoms with Crippen LogP contribution in [0.15, 0.2) is 29.3 Å². The van der Waals surface area contributed by atoms with Gasteiger partial charge >= 0.3 is 5.97 Å². The number of allylic oxidation sites excluding steroid dienone is 2. The molecule has 136 valence electrons. The molecule has 2 rings (SSSR count). The fraction of sp³-hybridized carbons (Fsp3) is 0.474. The summed E-state index contributed by atoms with van der Waals surface area (Å²) in [5, 5.41) is 12.3. The van der Waals surface area contributed by atoms with E-state index in [-0.39, 0.29) is 5.91 Å². The molecule has 2 N–H and O–H groups in total. The van der Waals surface area contributed by atoms with Gasteiger partial charge in [0.05, 0.1) is 26.1 Å². The fourth-order valence-corrected chi connectivity index (χ4v) is 3.14. The van der Waals surface area contributed by atoms with Crippen molar-refractivity contribution in [1.29, 1.82) is 0 Å². The SMILES string of the molecule is COc1ccc(CNC(=O)[C@@H]2CC(C)=C(C)C[C@@H]2C(=O)O)cc1OC. The van der Waals surface area contributed by atoms with E-state index in [4.69, 9.17) is 9.47 Å². The van der Waals surface area contributed by atoms with Crippen LogP contribution in [0.3, 0.4) is 0 Å². The first-order valence-electron chi connectivity index (χ1n) is 8.24. The van der Waals surface area contributed by atoms with E-state index in [1.165, 1.54) is 0 Å². The monoisotopic (exact) mass is 347 g/mol. The van der Waals surface area contributed by atoms with Crippen molar-refractivity contribution in [3.8, 4) is 11.5 Å². The number of aliphatic carboxylic acids is 1. The highest BCUT2D eigenvalue weighted by Crippen LogP contribution is 2.34. The maximum Gasteiger partial charge on any atom is 0.307 e. The third-order valence-corrected chi connectivity index (χ3v) is 4.84. The molecule has 0 aromatic heterocycles. The van der Waals surface area contributed by atoms with Gasteiger partial charge in [-0.2, -0.15) is 0 Å². The summed E-state index contributed by atoms with van der Waals surface area (Å²) in [6.45, 7) is 4.20. The molecular weight excluding hydrogens is 322 g/mol. The van der Waals surface area contributed by atoms with Gasteiger partial charge in [0, 0.05) is 6.54 Å². The van der Waals surface area contributed by atoms with E-state index in [0.717, 1.165) is 16.7 Å². The van der Waals surface area contributed by atoms with Crippen LogP contribution in [0.4, 0.5) is 0 Å². The molecule has 1 amide bonds. The molecule has 1 aliphatic rings. The maximum atomic E-state index is 12.6. The number of carboxylic acids is 1. The van der Waals surface area contributed by atoms with Crippen LogP contribution in [0.25, 0.3) is 0 Å². The largest absolute Gasteiger partial charge is 0.493 e. The average Bonchev–Trinajstić information content (AvgIpc) is 2.60. The predicted molar refractivity (Wildman–Crippen MR) is 93.6 cm³/mol. The topological polar surface area (TPSA) is 84.9 Å². The summed E-state index contributed by atoms with van der Waals surface area (Å²) >= 11 is 0. The lowest BCUT2D eigenvalue weighted by molar-refractivity contribution is -0.147. The zero-order chi connectivity index (χ0) is 18.6. The molecule has 0 saturated heterocycles. The van der Waals surface area contributed by atoms with Gasteiger partial charge in [0.15, 0.2) is 11.5 Å². The Bertz CT molecular complexity index is 695. The molecule has 0 aliphatic heterocycles. The Labute approximate surface area is 147 Å². The second kappa shape index (κ2) is 8.05. The molecule has 0 spiro atoms. The first kappa shape index (κ1) is 18.8. The highest BCUT2D eigenvalue weighted by molar-refractivity contribution is 5.85. The summed E-state index contributed by atoms with van der Waals surface area (Å²) in [7, 11) is 3.11. The zero-order valence-corrected chi connectivity index (χ0v) is 15.1. The summed E-state index contributed by atoms with van der Waals surface area (Å²) < 4.78 is 10.4. The summed E-state index contributed by atoms with van der Waals surface area (Å²) in [5.74, 6) is -1.15. The smallest absolute Gasteiger partial charge is 0.307 e. The molecule has 0 fully saturated rings. The molecule has 6 nitrogen and oxygen atoms in total. The molecule has 2 atom stereocenters. The lowest BCUT2D eigenvalue weighted by Gasteiger charge is -2.29. The number of nitrogens with one attached hydrogen (secondary N) is 1. The van der Waals surface area contributed by atoms with Gasteiger partial charge in [-0.05, 0) is 44.4 Å². The van der Waals surface area contributed by atoms with E-state index in [1.54, 1.807) is 26.4 Å². The number of methoxy groups -OCH3 is 2. The highest BCUT2D eigenvalue weighted by Gasteiger charge is 2.37. The minimum absolute atomic E-state index is 0.228. The van der Waals surface area contributed by atoms with Crippen LogP contribution in [0.2, 0.25) is 0 Å². The number of carbonyl (C=O) groups is 2. The lowest BCUT2D eigenvalue weighted by atomic mass is 9.76. The molecule has 25 heavy (non-hydrogen) atoms. The Morgan fingerprint density at radius 3 is 2.24 bits per heavy atom. The van der Waals surface area contributed by atoms with Crippen molar-refractivity contribution in [2.24, 2.45) is 11.8 Å². The quantitative estimate of drug-likeness (QED) is 0.773. The third-order valence-electron chi connectivity index (χ3n) is 4.84. The number of carbonyl (C=O) groups excluding carboxylic acids is 1. The van der Waals surface area contributed by atoms with E-state index in [0.29, 0.717) is 30.9 Å². The lowest BCUT2D eigenvalue weighted by Crippen LogP contribution is -2.39. The Morgan fingerprint density at radius 2 is 1.68 bits per heavy atom. The van der Waals surface area contributed by atoms with E-state index < -0.39 is 17.8 Å². The van der Waals surface area contributed by atoms with Gasteiger partial charge in [-0.25, -0.2) is 0 Å². The van der Waals surface area contributed by atoms with Gasteiger partial charge in [-0.3, -0.25) is 9.59 Å². The van der Waals surface area contributed by atoms with Gasteiger partial charge in [0.25, 0.3) is 0 Å². The van der Waals surface area contributed by atoms with Crippen molar-refractivity contribution < 1.29 is 24.2 Å². The van der Waals surface area contributed by atoms with Crippen LogP contribution in [-0.4, -0.2) is 31.2 Å². The molecule has 0 bridgehead atoms. The maximum absolute atomic E-state index is 12.6. The molecule has 0 unspecified atom stereocenters. The van der Waals surface area contributed by atoms with Crippen molar-refractivity contribution in [2.75, 3.05) is 14.2 Å². The summed E-state index contributed by atoms with van der Waals surface area (Å²) in [6.07, 6.45) is 0.913. The molecular formula is C19H25NO5. The van der Waals surface area contributed by atoms with Gasteiger partial charge < -0.3 is 19.9 Å². The minimum Gasteiger partial charge on any atom is -0.493 e. The predicted octanol–water partition coefficient (Wildman–Crippen LogP) is 2.77. The fourth-order valence-electron chi connectivity index (χ4n) is 3.14. The number of hydrogen-bond acceptors (Lipinski definition) is 4. The summed E-state index contributed by atoms with van der Waals surface area (Å²) in [6, 6.07) is 5.41. The Balaban J connectivity index is 2.07. The highest BCUT2D eigenvalue weighted by atomic mass is 16.5. The van der Waals surface area contributed by atoms with E-state index >= 15 is 0 Å². The Hall–Kier alpha value is -2.50. The van der Waals surface area contributed by atoms with Crippen molar-refractivity contribution in [2.45, 2.75) is 33.2 Å². The molecule has 6 heteroatoms. The number of ether oxygens (including phenoxy) is 2. The standard InChI is InChI=1S/C19H25NO5/c1-11-7-14(15(19(22)23)8-12(11)2)18(21)20-10-13-5-6-16(24-3)17(9-13)25-4/h5-6,9,14-15H,7-8,10H2,1-4H3,(H,20,21)(H,22,23)/t14-,15+/m1/s1. The number of benzene rings is 1. The van der Waals surface area contributed by atoms with Crippen molar-refractivity contribution in [1.82, 2.24) is 5.32 Å². The van der Waals surface area contributed by atoms with Crippen LogP contribution in [0.5, 0.6) is 11.5 Å². The zero-order valence-electron chi connectivity index (χ0n) is 15.1. The van der Waals surface area contributed by atoms with Crippen LogP contribution in [0, 0.1) is 11.8 Å². The van der Waals surface area contributed by atoms with Gasteiger partial charge in [-0.1, -0.05) is 17.2 Å². The van der Waals surface area contributed by atoms with Crippen LogP contribution < -0.4 is 14.8 Å². The Kier molecular flexibility index (Phi) is 6.07.